The van der Waals surface area contributed by atoms with Gasteiger partial charge in [0.15, 0.2) is 10.8 Å². The zero-order chi connectivity index (χ0) is 17.1. The number of rotatable bonds is 4. The van der Waals surface area contributed by atoms with E-state index in [0.717, 1.165) is 28.5 Å². The Bertz CT molecular complexity index is 790. The van der Waals surface area contributed by atoms with Crippen LogP contribution in [0.1, 0.15) is 37.0 Å². The lowest BCUT2D eigenvalue weighted by Gasteiger charge is -2.27. The van der Waals surface area contributed by atoms with Crippen LogP contribution in [0.3, 0.4) is 0 Å². The van der Waals surface area contributed by atoms with Crippen molar-refractivity contribution in [1.29, 1.82) is 0 Å². The molecule has 1 aliphatic carbocycles. The first-order chi connectivity index (χ1) is 12.2. The first-order valence-electron chi connectivity index (χ1n) is 8.30. The van der Waals surface area contributed by atoms with Crippen molar-refractivity contribution in [2.45, 2.75) is 37.8 Å². The number of amides is 1. The largest absolute Gasteiger partial charge is 0.301 e. The molecule has 4 rings (SSSR count). The quantitative estimate of drug-likeness (QED) is 0.839. The number of aliphatic imine (C=N–C) groups is 2. The summed E-state index contributed by atoms with van der Waals surface area (Å²) in [7, 11) is 0. The molecule has 2 aromatic heterocycles. The van der Waals surface area contributed by atoms with Crippen molar-refractivity contribution < 1.29 is 4.79 Å². The standard InChI is InChI=1S/C17H18N4OS3/c22-13(19-16-18-8-10-24-16)11-25-15-14(12-5-4-9-23-12)20-17(21-15)6-2-1-3-7-17/h4-5,8-10H,1-3,6-7,11H2,(H,18,19,22). The normalized spacial score (nSPS) is 18.9. The van der Waals surface area contributed by atoms with Gasteiger partial charge in [-0.1, -0.05) is 24.2 Å². The second kappa shape index (κ2) is 7.39. The maximum atomic E-state index is 12.2. The molecule has 0 atom stereocenters. The van der Waals surface area contributed by atoms with Crippen LogP contribution >= 0.6 is 34.4 Å². The van der Waals surface area contributed by atoms with Gasteiger partial charge in [0.1, 0.15) is 10.8 Å². The first kappa shape index (κ1) is 16.9. The summed E-state index contributed by atoms with van der Waals surface area (Å²) < 4.78 is 0. The number of anilines is 1. The molecule has 2 aromatic rings. The Labute approximate surface area is 158 Å². The third-order valence-electron chi connectivity index (χ3n) is 4.26. The molecule has 5 nitrogen and oxygen atoms in total. The van der Waals surface area contributed by atoms with Gasteiger partial charge >= 0.3 is 0 Å². The van der Waals surface area contributed by atoms with Gasteiger partial charge in [-0.2, -0.15) is 0 Å². The van der Waals surface area contributed by atoms with E-state index in [0.29, 0.717) is 10.9 Å². The van der Waals surface area contributed by atoms with Crippen molar-refractivity contribution in [3.05, 3.63) is 34.0 Å². The predicted molar refractivity (Wildman–Crippen MR) is 107 cm³/mol. The van der Waals surface area contributed by atoms with Gasteiger partial charge in [-0.05, 0) is 37.1 Å². The van der Waals surface area contributed by atoms with E-state index in [1.165, 1.54) is 42.4 Å². The molecule has 25 heavy (non-hydrogen) atoms. The van der Waals surface area contributed by atoms with Crippen LogP contribution in [0.2, 0.25) is 0 Å². The van der Waals surface area contributed by atoms with Crippen LogP contribution in [0.25, 0.3) is 0 Å². The van der Waals surface area contributed by atoms with E-state index in [1.807, 2.05) is 11.4 Å². The molecule has 2 aliphatic rings. The molecular weight excluding hydrogens is 372 g/mol. The van der Waals surface area contributed by atoms with Crippen LogP contribution in [-0.2, 0) is 4.79 Å². The summed E-state index contributed by atoms with van der Waals surface area (Å²) in [4.78, 5) is 27.4. The second-order valence-electron chi connectivity index (χ2n) is 6.07. The van der Waals surface area contributed by atoms with E-state index in [4.69, 9.17) is 9.98 Å². The first-order valence-corrected chi connectivity index (χ1v) is 11.0. The zero-order valence-corrected chi connectivity index (χ0v) is 16.1. The molecule has 1 N–H and O–H groups in total. The minimum atomic E-state index is -0.286. The number of thioether (sulfide) groups is 1. The summed E-state index contributed by atoms with van der Waals surface area (Å²) in [5.41, 5.74) is 0.676. The van der Waals surface area contributed by atoms with Gasteiger partial charge in [0.2, 0.25) is 5.91 Å². The van der Waals surface area contributed by atoms with Crippen LogP contribution in [0.5, 0.6) is 0 Å². The summed E-state index contributed by atoms with van der Waals surface area (Å²) in [6.07, 6.45) is 7.32. The number of hydrogen-bond acceptors (Lipinski definition) is 7. The number of carbonyl (C=O) groups is 1. The Morgan fingerprint density at radius 1 is 1.20 bits per heavy atom. The molecule has 8 heteroatoms. The Morgan fingerprint density at radius 3 is 2.80 bits per heavy atom. The zero-order valence-electron chi connectivity index (χ0n) is 13.6. The molecule has 1 amide bonds. The predicted octanol–water partition coefficient (Wildman–Crippen LogP) is 4.44. The average molecular weight is 391 g/mol. The number of hydrogen-bond donors (Lipinski definition) is 1. The third-order valence-corrected chi connectivity index (χ3v) is 6.79. The minimum absolute atomic E-state index is 0.0576. The van der Waals surface area contributed by atoms with Gasteiger partial charge < -0.3 is 5.32 Å². The van der Waals surface area contributed by atoms with Gasteiger partial charge in [0.05, 0.1) is 10.6 Å². The second-order valence-corrected chi connectivity index (χ2v) is 8.88. The molecule has 0 saturated heterocycles. The molecule has 1 saturated carbocycles. The molecule has 0 unspecified atom stereocenters. The highest BCUT2D eigenvalue weighted by Crippen LogP contribution is 2.39. The fourth-order valence-corrected chi connectivity index (χ4v) is 5.30. The number of carbonyl (C=O) groups excluding carboxylic acids is 1. The van der Waals surface area contributed by atoms with Gasteiger partial charge in [-0.15, -0.1) is 22.7 Å². The number of thiazole rings is 1. The number of nitrogens with one attached hydrogen (secondary N) is 1. The van der Waals surface area contributed by atoms with E-state index in [1.54, 1.807) is 17.5 Å². The average Bonchev–Trinajstić information content (AvgIpc) is 3.35. The maximum Gasteiger partial charge on any atom is 0.236 e. The lowest BCUT2D eigenvalue weighted by molar-refractivity contribution is -0.113. The highest BCUT2D eigenvalue weighted by atomic mass is 32.2. The summed E-state index contributed by atoms with van der Waals surface area (Å²) in [6, 6.07) is 4.11. The monoisotopic (exact) mass is 390 g/mol. The van der Waals surface area contributed by atoms with Crippen molar-refractivity contribution in [2.24, 2.45) is 9.98 Å². The van der Waals surface area contributed by atoms with E-state index in [9.17, 15) is 4.79 Å². The van der Waals surface area contributed by atoms with E-state index in [-0.39, 0.29) is 11.6 Å². The fraction of sp³-hybridized carbons (Fsp3) is 0.412. The van der Waals surface area contributed by atoms with Crippen molar-refractivity contribution in [3.8, 4) is 0 Å². The summed E-state index contributed by atoms with van der Waals surface area (Å²) in [5, 5.41) is 8.26. The van der Waals surface area contributed by atoms with E-state index in [2.05, 4.69) is 21.7 Å². The van der Waals surface area contributed by atoms with E-state index < -0.39 is 0 Å². The Morgan fingerprint density at radius 2 is 2.08 bits per heavy atom. The molecule has 0 bridgehead atoms. The van der Waals surface area contributed by atoms with Gasteiger partial charge in [0.25, 0.3) is 0 Å². The maximum absolute atomic E-state index is 12.2. The van der Waals surface area contributed by atoms with Gasteiger partial charge in [-0.3, -0.25) is 9.79 Å². The number of thiophene rings is 1. The van der Waals surface area contributed by atoms with Crippen LogP contribution in [-0.4, -0.2) is 33.1 Å². The lowest BCUT2D eigenvalue weighted by Crippen LogP contribution is -2.25. The third kappa shape index (κ3) is 3.86. The molecule has 130 valence electrons. The van der Waals surface area contributed by atoms with Crippen LogP contribution in [0.15, 0.2) is 39.1 Å². The Balaban J connectivity index is 1.49. The van der Waals surface area contributed by atoms with Crippen molar-refractivity contribution in [3.63, 3.8) is 0 Å². The SMILES string of the molecule is O=C(CSC1=NC2(CCCCC2)N=C1c1cccs1)Nc1nccs1. The fourth-order valence-electron chi connectivity index (χ4n) is 3.11. The molecular formula is C17H18N4OS3. The van der Waals surface area contributed by atoms with Crippen LogP contribution in [0.4, 0.5) is 5.13 Å². The van der Waals surface area contributed by atoms with Crippen molar-refractivity contribution >= 4 is 56.2 Å². The number of aromatic nitrogens is 1. The minimum Gasteiger partial charge on any atom is -0.301 e. The summed E-state index contributed by atoms with van der Waals surface area (Å²) in [6.45, 7) is 0. The molecule has 1 aliphatic heterocycles. The number of nitrogens with zero attached hydrogens (tertiary/aromatic N) is 3. The smallest absolute Gasteiger partial charge is 0.236 e. The highest BCUT2D eigenvalue weighted by molar-refractivity contribution is 8.16. The van der Waals surface area contributed by atoms with Crippen LogP contribution in [0, 0.1) is 0 Å². The Hall–Kier alpha value is -1.51. The molecule has 0 radical (unpaired) electrons. The van der Waals surface area contributed by atoms with Crippen LogP contribution < -0.4 is 5.32 Å². The lowest BCUT2D eigenvalue weighted by atomic mass is 9.90. The Kier molecular flexibility index (Phi) is 5.00. The molecule has 0 aromatic carbocycles. The van der Waals surface area contributed by atoms with Crippen molar-refractivity contribution in [1.82, 2.24) is 4.98 Å². The van der Waals surface area contributed by atoms with Gasteiger partial charge in [0, 0.05) is 11.6 Å². The van der Waals surface area contributed by atoms with E-state index >= 15 is 0 Å². The van der Waals surface area contributed by atoms with Crippen molar-refractivity contribution in [2.75, 3.05) is 11.1 Å². The summed E-state index contributed by atoms with van der Waals surface area (Å²) >= 11 is 4.57. The van der Waals surface area contributed by atoms with Gasteiger partial charge in [-0.25, -0.2) is 9.98 Å². The highest BCUT2D eigenvalue weighted by Gasteiger charge is 2.38. The topological polar surface area (TPSA) is 66.7 Å². The summed E-state index contributed by atoms with van der Waals surface area (Å²) in [5.74, 6) is 0.261. The molecule has 3 heterocycles. The molecule has 1 fully saturated rings. The molecule has 1 spiro atoms.